The lowest BCUT2D eigenvalue weighted by Crippen LogP contribution is -2.45. The van der Waals surface area contributed by atoms with Crippen LogP contribution in [0.4, 0.5) is 0 Å². The molecule has 0 fully saturated rings. The van der Waals surface area contributed by atoms with Crippen LogP contribution in [0.2, 0.25) is 0 Å². The SMILES string of the molecule is O=C(O)CC(O)(CC(=O)O)C(=O)O.O=C([O-])CC(O)(CC(=O)O)C(=O)O.[2H]C([2H])([2H])C(CCOC(c1ccccc1)c1ccnn1C)C([2H])([2H])[2H].[2H]C([2H])([2H])N(CCOC(c1ccccc1)c1ccnn1C)C([2H])([2H])[2H]. The first-order valence-electron chi connectivity index (χ1n) is 24.6. The molecule has 4 aromatic rings. The third kappa shape index (κ3) is 20.6. The molecule has 0 amide bonds. The Bertz CT molecular complexity index is 2260. The number of nitrogens with zero attached hydrogens (tertiary/aromatic N) is 5. The summed E-state index contributed by atoms with van der Waals surface area (Å²) in [6, 6.07) is 22.5. The Hall–Kier alpha value is -6.52. The second kappa shape index (κ2) is 27.5. The van der Waals surface area contributed by atoms with Crippen LogP contribution in [0.15, 0.2) is 85.2 Å². The fourth-order valence-electron chi connectivity index (χ4n) is 5.23. The lowest BCUT2D eigenvalue weighted by atomic mass is 9.96. The van der Waals surface area contributed by atoms with Crippen LogP contribution in [0.5, 0.6) is 0 Å². The number of rotatable bonds is 22. The highest BCUT2D eigenvalue weighted by Gasteiger charge is 2.41. The van der Waals surface area contributed by atoms with Crippen molar-refractivity contribution >= 4 is 35.8 Å². The molecule has 7 N–H and O–H groups in total. The molecule has 0 saturated carbocycles. The first-order chi connectivity index (χ1) is 34.8. The average Bonchev–Trinajstić information content (AvgIpc) is 3.89. The van der Waals surface area contributed by atoms with E-state index in [2.05, 4.69) is 10.2 Å². The Morgan fingerprint density at radius 1 is 0.656 bits per heavy atom. The highest BCUT2D eigenvalue weighted by molar-refractivity contribution is 5.88. The minimum atomic E-state index is -2.80. The number of carbonyl (C=O) groups is 6. The summed E-state index contributed by atoms with van der Waals surface area (Å²) >= 11 is 0. The molecule has 4 rings (SSSR count). The zero-order valence-corrected chi connectivity index (χ0v) is 34.5. The van der Waals surface area contributed by atoms with Crippen molar-refractivity contribution in [1.29, 1.82) is 0 Å². The number of carboxylic acids is 6. The van der Waals surface area contributed by atoms with Crippen molar-refractivity contribution in [1.82, 2.24) is 24.5 Å². The zero-order chi connectivity index (χ0) is 58.6. The van der Waals surface area contributed by atoms with Gasteiger partial charge in [0.1, 0.15) is 12.2 Å². The Labute approximate surface area is 386 Å². The molecule has 0 aliphatic rings. The molecule has 2 heterocycles. The maximum absolute atomic E-state index is 10.3. The molecular weight excluding hydrogens is 842 g/mol. The van der Waals surface area contributed by atoms with Crippen LogP contribution in [-0.2, 0) is 52.3 Å². The van der Waals surface area contributed by atoms with E-state index in [0.717, 1.165) is 22.5 Å². The smallest absolute Gasteiger partial charge is 0.336 e. The van der Waals surface area contributed by atoms with E-state index in [0.29, 0.717) is 4.90 Å². The molecule has 21 nitrogen and oxygen atoms in total. The molecule has 0 aliphatic carbocycles. The molecule has 0 saturated heterocycles. The van der Waals surface area contributed by atoms with Crippen molar-refractivity contribution < 1.29 is 95.5 Å². The third-order valence-electron chi connectivity index (χ3n) is 8.31. The fourth-order valence-corrected chi connectivity index (χ4v) is 5.23. The number of hydrogen-bond donors (Lipinski definition) is 7. The summed E-state index contributed by atoms with van der Waals surface area (Å²) in [6.07, 6.45) is -2.41. The van der Waals surface area contributed by atoms with Crippen molar-refractivity contribution in [3.05, 3.63) is 108 Å². The van der Waals surface area contributed by atoms with Crippen LogP contribution in [-0.4, -0.2) is 141 Å². The standard InChI is InChI=1S/C16H22N2O.C15H21N3O.2C6H8O7/c1-13(2)10-12-19-16(14-7-5-4-6-8-14)15-9-11-17-18(15)3;1-17(2)11-12-19-15(13-7-5-4-6-8-13)14-9-10-16-18(14)3;2*7-3(8)1-6(13,5(11)12)2-4(9)10/h4-9,11,13,16H,10,12H2,1-3H3;4-10,15H,11-12H2,1-3H3;2*13H,1-2H2,(H,7,8)(H,9,10)(H,11,12)/p-1/i2*1D3,2D3;;. The van der Waals surface area contributed by atoms with Gasteiger partial charge in [-0.2, -0.15) is 10.2 Å². The minimum absolute atomic E-state index is 0.0200. The molecule has 0 radical (unpaired) electrons. The summed E-state index contributed by atoms with van der Waals surface area (Å²) in [7, 11) is 3.58. The number of carbonyl (C=O) groups excluding carboxylic acids is 1. The van der Waals surface area contributed by atoms with Crippen molar-refractivity contribution in [2.45, 2.75) is 69.2 Å². The van der Waals surface area contributed by atoms with E-state index in [1.807, 2.05) is 72.8 Å². The van der Waals surface area contributed by atoms with Crippen LogP contribution in [0.25, 0.3) is 0 Å². The Balaban J connectivity index is 0.000000532. The Morgan fingerprint density at radius 2 is 1.05 bits per heavy atom. The van der Waals surface area contributed by atoms with Crippen LogP contribution in [0.3, 0.4) is 0 Å². The van der Waals surface area contributed by atoms with E-state index in [4.69, 9.17) is 61.7 Å². The second-order valence-electron chi connectivity index (χ2n) is 13.5. The molecule has 0 spiro atoms. The summed E-state index contributed by atoms with van der Waals surface area (Å²) in [5, 5.41) is 77.6. The maximum atomic E-state index is 10.3. The summed E-state index contributed by atoms with van der Waals surface area (Å²) < 4.78 is 104. The van der Waals surface area contributed by atoms with Crippen molar-refractivity contribution in [2.24, 2.45) is 20.0 Å². The molecule has 3 atom stereocenters. The van der Waals surface area contributed by atoms with E-state index in [9.17, 15) is 33.9 Å². The molecule has 64 heavy (non-hydrogen) atoms. The first kappa shape index (κ1) is 38.0. The molecule has 352 valence electrons. The van der Waals surface area contributed by atoms with Crippen LogP contribution < -0.4 is 5.11 Å². The summed E-state index contributed by atoms with van der Waals surface area (Å²) in [6.45, 7) is -10.8. The zero-order valence-electron chi connectivity index (χ0n) is 46.5. The number of aliphatic hydroxyl groups is 2. The van der Waals surface area contributed by atoms with Crippen molar-refractivity contribution in [3.8, 4) is 0 Å². The minimum Gasteiger partial charge on any atom is -0.550 e. The van der Waals surface area contributed by atoms with Gasteiger partial charge in [-0.05, 0) is 49.6 Å². The largest absolute Gasteiger partial charge is 0.550 e. The quantitative estimate of drug-likeness (QED) is 0.0591. The fraction of sp³-hybridized carbons (Fsp3) is 0.442. The van der Waals surface area contributed by atoms with Crippen molar-refractivity contribution in [2.75, 3.05) is 33.7 Å². The van der Waals surface area contributed by atoms with Crippen LogP contribution in [0, 0.1) is 5.92 Å². The molecule has 3 unspecified atom stereocenters. The highest BCUT2D eigenvalue weighted by atomic mass is 16.5. The number of likely N-dealkylation sites (N-methyl/N-ethyl adjacent to an activating group) is 1. The van der Waals surface area contributed by atoms with Gasteiger partial charge in [0, 0.05) is 68.5 Å². The third-order valence-corrected chi connectivity index (χ3v) is 8.31. The number of aryl methyl sites for hydroxylation is 2. The lowest BCUT2D eigenvalue weighted by Gasteiger charge is -2.21. The van der Waals surface area contributed by atoms with E-state index in [1.165, 1.54) is 0 Å². The average molecular weight is 913 g/mol. The van der Waals surface area contributed by atoms with Crippen LogP contribution >= 0.6 is 0 Å². The monoisotopic (exact) mass is 912 g/mol. The van der Waals surface area contributed by atoms with Crippen LogP contribution in [0.1, 0.15) is 97.0 Å². The van der Waals surface area contributed by atoms with Gasteiger partial charge >= 0.3 is 29.8 Å². The number of aliphatic carboxylic acids is 6. The molecule has 0 aliphatic heterocycles. The number of aromatic nitrogens is 4. The van der Waals surface area contributed by atoms with Crippen molar-refractivity contribution in [3.63, 3.8) is 0 Å². The lowest BCUT2D eigenvalue weighted by molar-refractivity contribution is -0.309. The summed E-state index contributed by atoms with van der Waals surface area (Å²) in [5.41, 5.74) is -2.17. The summed E-state index contributed by atoms with van der Waals surface area (Å²) in [4.78, 5) is 61.3. The second-order valence-corrected chi connectivity index (χ2v) is 13.5. The normalized spacial score (nSPS) is 16.3. The molecular formula is C43H58N5O16-. The first-order valence-corrected chi connectivity index (χ1v) is 18.6. The number of hydrogen-bond acceptors (Lipinski definition) is 14. The number of carboxylic acid groups (broad SMARTS) is 6. The van der Waals surface area contributed by atoms with Gasteiger partial charge in [0.15, 0.2) is 11.2 Å². The van der Waals surface area contributed by atoms with Gasteiger partial charge in [0.05, 0.1) is 37.3 Å². The molecule has 2 aromatic carbocycles. The predicted octanol–water partition coefficient (Wildman–Crippen LogP) is 1.83. The van der Waals surface area contributed by atoms with Gasteiger partial charge in [-0.15, -0.1) is 0 Å². The summed E-state index contributed by atoms with van der Waals surface area (Å²) in [5.74, 6) is -11.8. The number of ether oxygens (including phenoxy) is 2. The van der Waals surface area contributed by atoms with Gasteiger partial charge in [-0.25, -0.2) is 9.59 Å². The van der Waals surface area contributed by atoms with E-state index in [1.54, 1.807) is 35.9 Å². The Morgan fingerprint density at radius 3 is 1.36 bits per heavy atom. The van der Waals surface area contributed by atoms with Gasteiger partial charge in [0.25, 0.3) is 0 Å². The van der Waals surface area contributed by atoms with Gasteiger partial charge < -0.3 is 60.0 Å². The number of benzene rings is 2. The van der Waals surface area contributed by atoms with Gasteiger partial charge in [0.2, 0.25) is 0 Å². The van der Waals surface area contributed by atoms with Gasteiger partial charge in [-0.3, -0.25) is 23.7 Å². The molecule has 21 heteroatoms. The topological polar surface area (TPSA) is 324 Å². The van der Waals surface area contributed by atoms with E-state index < -0.39 is 118 Å². The molecule has 0 bridgehead atoms. The van der Waals surface area contributed by atoms with Gasteiger partial charge in [-0.1, -0.05) is 74.4 Å². The predicted molar refractivity (Wildman–Crippen MR) is 224 cm³/mol. The Kier molecular flexibility index (Phi) is 16.3. The van der Waals surface area contributed by atoms with E-state index >= 15 is 0 Å². The molecule has 2 aromatic heterocycles. The van der Waals surface area contributed by atoms with E-state index in [-0.39, 0.29) is 26.2 Å². The maximum Gasteiger partial charge on any atom is 0.336 e. The highest BCUT2D eigenvalue weighted by Crippen LogP contribution is 2.27.